The summed E-state index contributed by atoms with van der Waals surface area (Å²) in [6.45, 7) is 4.86. The first-order valence-corrected chi connectivity index (χ1v) is 8.38. The molecule has 3 heterocycles. The molecule has 126 valence electrons. The Morgan fingerprint density at radius 1 is 1.17 bits per heavy atom. The van der Waals surface area contributed by atoms with E-state index in [0.29, 0.717) is 6.54 Å². The Hall–Kier alpha value is -1.50. The van der Waals surface area contributed by atoms with Crippen LogP contribution in [-0.4, -0.2) is 82.6 Å². The second-order valence-electron chi connectivity index (χ2n) is 6.60. The monoisotopic (exact) mass is 318 g/mol. The standard InChI is InChI=1S/C17H26N4O2/c1-19-10-11-21(12-13-22)16(23)17(19)4-8-20(9-5-17)14-15-2-6-18-7-3-15/h2-3,6-7,22H,4-5,8-14H2,1H3. The molecule has 1 N–H and O–H groups in total. The van der Waals surface area contributed by atoms with Crippen molar-refractivity contribution in [3.05, 3.63) is 30.1 Å². The van der Waals surface area contributed by atoms with Crippen molar-refractivity contribution in [2.75, 3.05) is 46.4 Å². The molecule has 0 saturated carbocycles. The van der Waals surface area contributed by atoms with Gasteiger partial charge in [0.2, 0.25) is 5.91 Å². The number of hydrogen-bond donors (Lipinski definition) is 1. The Kier molecular flexibility index (Phi) is 4.94. The summed E-state index contributed by atoms with van der Waals surface area (Å²) in [6.07, 6.45) is 5.36. The molecule has 2 aliphatic rings. The second-order valence-corrected chi connectivity index (χ2v) is 6.60. The zero-order valence-electron chi connectivity index (χ0n) is 13.8. The maximum Gasteiger partial charge on any atom is 0.243 e. The van der Waals surface area contributed by atoms with Gasteiger partial charge in [0.15, 0.2) is 0 Å². The van der Waals surface area contributed by atoms with E-state index in [1.165, 1.54) is 5.56 Å². The topological polar surface area (TPSA) is 59.9 Å². The summed E-state index contributed by atoms with van der Waals surface area (Å²) in [5.41, 5.74) is 0.892. The number of carbonyl (C=O) groups is 1. The van der Waals surface area contributed by atoms with Crippen LogP contribution in [0.15, 0.2) is 24.5 Å². The normalized spacial score (nSPS) is 22.7. The van der Waals surface area contributed by atoms with Gasteiger partial charge in [0, 0.05) is 51.7 Å². The fraction of sp³-hybridized carbons (Fsp3) is 0.647. The summed E-state index contributed by atoms with van der Waals surface area (Å²) < 4.78 is 0. The van der Waals surface area contributed by atoms with Crippen molar-refractivity contribution >= 4 is 5.91 Å². The van der Waals surface area contributed by atoms with E-state index in [1.807, 2.05) is 29.4 Å². The zero-order valence-corrected chi connectivity index (χ0v) is 13.8. The molecule has 6 heteroatoms. The van der Waals surface area contributed by atoms with Gasteiger partial charge in [0.1, 0.15) is 5.54 Å². The van der Waals surface area contributed by atoms with Gasteiger partial charge in [-0.2, -0.15) is 0 Å². The number of likely N-dealkylation sites (tertiary alicyclic amines) is 1. The number of aliphatic hydroxyl groups is 1. The molecule has 0 unspecified atom stereocenters. The van der Waals surface area contributed by atoms with E-state index < -0.39 is 0 Å². The summed E-state index contributed by atoms with van der Waals surface area (Å²) in [5.74, 6) is 0.198. The number of likely N-dealkylation sites (N-methyl/N-ethyl adjacent to an activating group) is 1. The molecule has 0 bridgehead atoms. The van der Waals surface area contributed by atoms with Crippen LogP contribution < -0.4 is 0 Å². The van der Waals surface area contributed by atoms with E-state index in [1.54, 1.807) is 0 Å². The highest BCUT2D eigenvalue weighted by Crippen LogP contribution is 2.33. The number of rotatable bonds is 4. The van der Waals surface area contributed by atoms with Crippen LogP contribution in [0.4, 0.5) is 0 Å². The van der Waals surface area contributed by atoms with Gasteiger partial charge in [0.05, 0.1) is 6.61 Å². The van der Waals surface area contributed by atoms with Crippen LogP contribution in [0.2, 0.25) is 0 Å². The van der Waals surface area contributed by atoms with E-state index in [4.69, 9.17) is 0 Å². The highest BCUT2D eigenvalue weighted by atomic mass is 16.3. The average Bonchev–Trinajstić information content (AvgIpc) is 2.58. The number of nitrogens with zero attached hydrogens (tertiary/aromatic N) is 4. The van der Waals surface area contributed by atoms with Crippen LogP contribution in [0.1, 0.15) is 18.4 Å². The first kappa shape index (κ1) is 16.4. The highest BCUT2D eigenvalue weighted by molar-refractivity contribution is 5.87. The molecule has 0 radical (unpaired) electrons. The fourth-order valence-corrected chi connectivity index (χ4v) is 3.80. The molecular formula is C17H26N4O2. The van der Waals surface area contributed by atoms with Crippen LogP contribution in [0.5, 0.6) is 0 Å². The van der Waals surface area contributed by atoms with Crippen LogP contribution in [-0.2, 0) is 11.3 Å². The largest absolute Gasteiger partial charge is 0.395 e. The third kappa shape index (κ3) is 3.24. The lowest BCUT2D eigenvalue weighted by molar-refractivity contribution is -0.154. The number of piperazine rings is 1. The summed E-state index contributed by atoms with van der Waals surface area (Å²) in [5, 5.41) is 9.17. The molecule has 2 saturated heterocycles. The van der Waals surface area contributed by atoms with Gasteiger partial charge in [-0.05, 0) is 37.6 Å². The number of amides is 1. The molecule has 23 heavy (non-hydrogen) atoms. The summed E-state index contributed by atoms with van der Waals surface area (Å²) in [7, 11) is 2.06. The highest BCUT2D eigenvalue weighted by Gasteiger charge is 2.48. The van der Waals surface area contributed by atoms with Crippen LogP contribution in [0.3, 0.4) is 0 Å². The Morgan fingerprint density at radius 3 is 2.52 bits per heavy atom. The Balaban J connectivity index is 1.64. The van der Waals surface area contributed by atoms with Gasteiger partial charge in [-0.1, -0.05) is 0 Å². The predicted molar refractivity (Wildman–Crippen MR) is 87.8 cm³/mol. The lowest BCUT2D eigenvalue weighted by Crippen LogP contribution is -2.67. The molecule has 0 atom stereocenters. The number of aromatic nitrogens is 1. The van der Waals surface area contributed by atoms with Gasteiger partial charge < -0.3 is 10.0 Å². The number of carbonyl (C=O) groups excluding carboxylic acids is 1. The van der Waals surface area contributed by atoms with Crippen LogP contribution >= 0.6 is 0 Å². The minimum atomic E-state index is -0.373. The SMILES string of the molecule is CN1CCN(CCO)C(=O)C12CCN(Cc1ccncc1)CC2. The smallest absolute Gasteiger partial charge is 0.243 e. The first-order chi connectivity index (χ1) is 11.2. The van der Waals surface area contributed by atoms with E-state index in [0.717, 1.165) is 45.6 Å². The molecule has 1 aromatic rings. The number of piperidine rings is 1. The number of β-amino-alcohol motifs (C(OH)–C–C–N with tert-alkyl or cyclic N) is 1. The Labute approximate surface area is 137 Å². The predicted octanol–water partition coefficient (Wildman–Crippen LogP) is 0.183. The van der Waals surface area contributed by atoms with E-state index in [-0.39, 0.29) is 18.1 Å². The molecule has 2 fully saturated rings. The maximum atomic E-state index is 12.9. The Bertz CT molecular complexity index is 529. The van der Waals surface area contributed by atoms with Gasteiger partial charge in [0.25, 0.3) is 0 Å². The minimum absolute atomic E-state index is 0.0414. The lowest BCUT2D eigenvalue weighted by atomic mass is 9.82. The van der Waals surface area contributed by atoms with E-state index >= 15 is 0 Å². The van der Waals surface area contributed by atoms with Crippen molar-refractivity contribution in [3.8, 4) is 0 Å². The van der Waals surface area contributed by atoms with Crippen molar-refractivity contribution in [2.24, 2.45) is 0 Å². The summed E-state index contributed by atoms with van der Waals surface area (Å²) >= 11 is 0. The third-order valence-electron chi connectivity index (χ3n) is 5.33. The third-order valence-corrected chi connectivity index (χ3v) is 5.33. The molecule has 0 aromatic carbocycles. The van der Waals surface area contributed by atoms with Gasteiger partial charge in [-0.3, -0.25) is 19.6 Å². The molecule has 0 aliphatic carbocycles. The second kappa shape index (κ2) is 6.95. The van der Waals surface area contributed by atoms with Gasteiger partial charge in [-0.15, -0.1) is 0 Å². The molecule has 3 rings (SSSR count). The van der Waals surface area contributed by atoms with Gasteiger partial charge in [-0.25, -0.2) is 0 Å². The zero-order chi connectivity index (χ0) is 16.3. The number of aliphatic hydroxyl groups excluding tert-OH is 1. The number of pyridine rings is 1. The fourth-order valence-electron chi connectivity index (χ4n) is 3.80. The molecule has 1 aromatic heterocycles. The van der Waals surface area contributed by atoms with Crippen molar-refractivity contribution in [1.29, 1.82) is 0 Å². The van der Waals surface area contributed by atoms with E-state index in [9.17, 15) is 9.90 Å². The van der Waals surface area contributed by atoms with Crippen molar-refractivity contribution < 1.29 is 9.90 Å². The lowest BCUT2D eigenvalue weighted by Gasteiger charge is -2.51. The van der Waals surface area contributed by atoms with Crippen molar-refractivity contribution in [1.82, 2.24) is 19.7 Å². The Morgan fingerprint density at radius 2 is 1.87 bits per heavy atom. The molecule has 2 aliphatic heterocycles. The first-order valence-electron chi connectivity index (χ1n) is 8.38. The minimum Gasteiger partial charge on any atom is -0.395 e. The average molecular weight is 318 g/mol. The number of hydrogen-bond acceptors (Lipinski definition) is 5. The molecule has 1 amide bonds. The van der Waals surface area contributed by atoms with Crippen molar-refractivity contribution in [3.63, 3.8) is 0 Å². The quantitative estimate of drug-likeness (QED) is 0.858. The maximum absolute atomic E-state index is 12.9. The molecular weight excluding hydrogens is 292 g/mol. The van der Waals surface area contributed by atoms with E-state index in [2.05, 4.69) is 21.8 Å². The van der Waals surface area contributed by atoms with Crippen molar-refractivity contribution in [2.45, 2.75) is 24.9 Å². The van der Waals surface area contributed by atoms with Gasteiger partial charge >= 0.3 is 0 Å². The van der Waals surface area contributed by atoms with Crippen LogP contribution in [0, 0.1) is 0 Å². The molecule has 6 nitrogen and oxygen atoms in total. The summed E-state index contributed by atoms with van der Waals surface area (Å²) in [6, 6.07) is 4.09. The molecule has 1 spiro atoms. The van der Waals surface area contributed by atoms with Crippen LogP contribution in [0.25, 0.3) is 0 Å². The summed E-state index contributed by atoms with van der Waals surface area (Å²) in [4.78, 5) is 23.4.